The number of hydrogen-bond acceptors (Lipinski definition) is 7. The second-order valence-corrected chi connectivity index (χ2v) is 10.9. The van der Waals surface area contributed by atoms with Gasteiger partial charge in [-0.15, -0.1) is 17.2 Å². The summed E-state index contributed by atoms with van der Waals surface area (Å²) in [5.41, 5.74) is -2.19. The summed E-state index contributed by atoms with van der Waals surface area (Å²) < 4.78 is 23.9. The van der Waals surface area contributed by atoms with Gasteiger partial charge in [-0.25, -0.2) is 4.79 Å². The molecule has 0 amide bonds. The van der Waals surface area contributed by atoms with Crippen LogP contribution in [0.2, 0.25) is 0 Å². The summed E-state index contributed by atoms with van der Waals surface area (Å²) >= 11 is 0. The molecule has 1 N–H and O–H groups in total. The molecule has 0 aromatic carbocycles. The molecule has 0 bridgehead atoms. The molecule has 1 fully saturated rings. The molecule has 2 aliphatic carbocycles. The highest BCUT2D eigenvalue weighted by molar-refractivity contribution is 6.01. The van der Waals surface area contributed by atoms with Crippen LogP contribution in [0.4, 0.5) is 9.18 Å². The van der Waals surface area contributed by atoms with Crippen molar-refractivity contribution in [3.05, 3.63) is 23.8 Å². The molecule has 2 rings (SSSR count). The quantitative estimate of drug-likeness (QED) is 0.155. The van der Waals surface area contributed by atoms with Crippen molar-refractivity contribution in [1.29, 1.82) is 0 Å². The van der Waals surface area contributed by atoms with E-state index in [1.54, 1.807) is 32.9 Å². The van der Waals surface area contributed by atoms with E-state index in [0.29, 0.717) is 19.3 Å². The summed E-state index contributed by atoms with van der Waals surface area (Å²) in [6.07, 6.45) is 12.2. The predicted molar refractivity (Wildman–Crippen MR) is 161 cm³/mol. The van der Waals surface area contributed by atoms with Gasteiger partial charge in [0.2, 0.25) is 5.78 Å². The SMILES string of the molecule is C#C.CC.CC.CCC(=O)OCC(=O)[C@@]1(OC(=O)F)CCC(C(C)CCC2=CC(=O)C=CC2(C)C)C1(C)CC(C)O. The summed E-state index contributed by atoms with van der Waals surface area (Å²) in [6, 6.07) is 0. The summed E-state index contributed by atoms with van der Waals surface area (Å²) in [6.45, 7) is 18.4. The van der Waals surface area contributed by atoms with Crippen molar-refractivity contribution in [1.82, 2.24) is 0 Å². The fourth-order valence-electron chi connectivity index (χ4n) is 6.07. The first kappa shape index (κ1) is 40.3. The second-order valence-electron chi connectivity index (χ2n) is 10.9. The minimum absolute atomic E-state index is 0.00244. The van der Waals surface area contributed by atoms with E-state index in [4.69, 9.17) is 9.47 Å². The zero-order valence-electron chi connectivity index (χ0n) is 26.8. The molecule has 0 saturated heterocycles. The van der Waals surface area contributed by atoms with Gasteiger partial charge in [0.05, 0.1) is 6.10 Å². The van der Waals surface area contributed by atoms with E-state index in [-0.39, 0.29) is 42.3 Å². The molecule has 0 heterocycles. The third-order valence-electron chi connectivity index (χ3n) is 7.99. The number of hydrogen-bond donors (Lipinski definition) is 1. The highest BCUT2D eigenvalue weighted by atomic mass is 19.1. The van der Waals surface area contributed by atoms with E-state index in [0.717, 1.165) is 5.57 Å². The number of esters is 1. The lowest BCUT2D eigenvalue weighted by atomic mass is 9.62. The summed E-state index contributed by atoms with van der Waals surface area (Å²) in [5, 5.41) is 10.3. The monoisotopic (exact) mass is 580 g/mol. The van der Waals surface area contributed by atoms with E-state index in [1.807, 2.05) is 54.5 Å². The molecule has 0 aromatic rings. The third-order valence-corrected chi connectivity index (χ3v) is 7.99. The van der Waals surface area contributed by atoms with Gasteiger partial charge in [-0.05, 0) is 63.0 Å². The number of terminal acetylenes is 1. The number of ketones is 2. The number of carbonyl (C=O) groups is 4. The van der Waals surface area contributed by atoms with Crippen LogP contribution in [0.3, 0.4) is 0 Å². The van der Waals surface area contributed by atoms with Gasteiger partial charge >= 0.3 is 12.2 Å². The Hall–Kier alpha value is -2.79. The Morgan fingerprint density at radius 3 is 2.17 bits per heavy atom. The molecule has 0 aromatic heterocycles. The van der Waals surface area contributed by atoms with Crippen LogP contribution in [0.1, 0.15) is 108 Å². The van der Waals surface area contributed by atoms with Crippen molar-refractivity contribution in [2.45, 2.75) is 119 Å². The minimum Gasteiger partial charge on any atom is -0.457 e. The van der Waals surface area contributed by atoms with Crippen LogP contribution in [0.25, 0.3) is 0 Å². The second kappa shape index (κ2) is 18.6. The lowest BCUT2D eigenvalue weighted by Gasteiger charge is -2.46. The Morgan fingerprint density at radius 2 is 1.68 bits per heavy atom. The van der Waals surface area contributed by atoms with Gasteiger partial charge in [-0.1, -0.05) is 74.0 Å². The zero-order valence-corrected chi connectivity index (χ0v) is 26.8. The standard InChI is InChI=1S/C27H39FO7.2C2H6.C2H2/c1-7-23(32)34-16-22(31)27(35-24(28)33)13-11-21(26(27,6)15-18(3)29)17(2)8-9-19-14-20(30)10-12-25(19,4)5;3*1-2/h10,12,14,17-18,21,29H,7-9,11,13,15-16H2,1-6H3;2*1-2H3;1-2H/t17?,18?,21?,26?,27-;;;/m0.../s1. The Balaban J connectivity index is 0. The molecule has 4 unspecified atom stereocenters. The van der Waals surface area contributed by atoms with E-state index in [9.17, 15) is 28.7 Å². The van der Waals surface area contributed by atoms with Crippen molar-refractivity contribution < 1.29 is 38.1 Å². The number of aliphatic hydroxyl groups is 1. The predicted octanol–water partition coefficient (Wildman–Crippen LogP) is 7.35. The van der Waals surface area contributed by atoms with Crippen molar-refractivity contribution >= 4 is 23.8 Å². The fourth-order valence-corrected chi connectivity index (χ4v) is 6.07. The number of rotatable bonds is 11. The minimum atomic E-state index is -2.08. The smallest absolute Gasteiger partial charge is 0.457 e. The highest BCUT2D eigenvalue weighted by Crippen LogP contribution is 2.59. The maximum atomic E-state index is 13.7. The van der Waals surface area contributed by atoms with Crippen LogP contribution in [0.5, 0.6) is 0 Å². The van der Waals surface area contributed by atoms with Crippen LogP contribution >= 0.6 is 0 Å². The first-order chi connectivity index (χ1) is 19.2. The molecule has 2 aliphatic rings. The van der Waals surface area contributed by atoms with Crippen molar-refractivity contribution in [2.75, 3.05) is 6.61 Å². The van der Waals surface area contributed by atoms with E-state index >= 15 is 0 Å². The summed E-state index contributed by atoms with van der Waals surface area (Å²) in [4.78, 5) is 48.5. The molecule has 8 heteroatoms. The average molecular weight is 581 g/mol. The first-order valence-corrected chi connectivity index (χ1v) is 14.7. The van der Waals surface area contributed by atoms with E-state index < -0.39 is 41.7 Å². The lowest BCUT2D eigenvalue weighted by molar-refractivity contribution is -0.167. The van der Waals surface area contributed by atoms with Gasteiger partial charge in [-0.2, -0.15) is 0 Å². The molecule has 234 valence electrons. The molecule has 7 nitrogen and oxygen atoms in total. The molecular weight excluding hydrogens is 527 g/mol. The van der Waals surface area contributed by atoms with Gasteiger partial charge in [0.1, 0.15) is 0 Å². The molecule has 0 aliphatic heterocycles. The molecule has 0 spiro atoms. The van der Waals surface area contributed by atoms with Crippen molar-refractivity contribution in [3.8, 4) is 12.8 Å². The van der Waals surface area contributed by atoms with Crippen LogP contribution in [0.15, 0.2) is 23.8 Å². The Kier molecular flexibility index (Phi) is 18.3. The topological polar surface area (TPSA) is 107 Å². The largest absolute Gasteiger partial charge is 0.496 e. The number of ether oxygens (including phenoxy) is 2. The van der Waals surface area contributed by atoms with Gasteiger partial charge in [0.25, 0.3) is 0 Å². The van der Waals surface area contributed by atoms with E-state index in [1.165, 1.54) is 0 Å². The Morgan fingerprint density at radius 1 is 1.12 bits per heavy atom. The average Bonchev–Trinajstić information content (AvgIpc) is 3.21. The number of aliphatic hydroxyl groups excluding tert-OH is 1. The Bertz CT molecular complexity index is 946. The number of carbonyl (C=O) groups excluding carboxylic acids is 4. The fraction of sp³-hybridized carbons (Fsp3) is 0.697. The van der Waals surface area contributed by atoms with E-state index in [2.05, 4.69) is 12.8 Å². The third kappa shape index (κ3) is 10.5. The highest BCUT2D eigenvalue weighted by Gasteiger charge is 2.65. The maximum absolute atomic E-state index is 13.7. The van der Waals surface area contributed by atoms with Crippen LogP contribution < -0.4 is 0 Å². The number of Topliss-reactive ketones (excluding diaryl/α,β-unsaturated/α-hetero) is 1. The van der Waals surface area contributed by atoms with Crippen molar-refractivity contribution in [3.63, 3.8) is 0 Å². The van der Waals surface area contributed by atoms with Gasteiger partial charge in [-0.3, -0.25) is 14.4 Å². The molecule has 0 radical (unpaired) electrons. The van der Waals surface area contributed by atoms with Gasteiger partial charge < -0.3 is 14.6 Å². The normalized spacial score (nSPS) is 25.4. The van der Waals surface area contributed by atoms with Crippen LogP contribution in [0, 0.1) is 35.5 Å². The summed E-state index contributed by atoms with van der Waals surface area (Å²) in [5.74, 6) is -1.52. The first-order valence-electron chi connectivity index (χ1n) is 14.7. The van der Waals surface area contributed by atoms with Crippen LogP contribution in [-0.2, 0) is 23.9 Å². The molecule has 1 saturated carbocycles. The van der Waals surface area contributed by atoms with Crippen molar-refractivity contribution in [2.24, 2.45) is 22.7 Å². The molecule has 41 heavy (non-hydrogen) atoms. The maximum Gasteiger partial charge on any atom is 0.496 e. The number of allylic oxidation sites excluding steroid dienone is 4. The lowest BCUT2D eigenvalue weighted by Crippen LogP contribution is -2.57. The summed E-state index contributed by atoms with van der Waals surface area (Å²) in [7, 11) is 0. The molecule has 5 atom stereocenters. The van der Waals surface area contributed by atoms with Crippen LogP contribution in [-0.4, -0.2) is 47.2 Å². The van der Waals surface area contributed by atoms with Gasteiger partial charge in [0.15, 0.2) is 18.0 Å². The Labute approximate surface area is 247 Å². The number of halogens is 1. The molecular formula is C33H53FO7. The van der Waals surface area contributed by atoms with Gasteiger partial charge in [0, 0.05) is 17.3 Å². The zero-order chi connectivity index (χ0) is 32.6.